The fourth-order valence-corrected chi connectivity index (χ4v) is 4.13. The lowest BCUT2D eigenvalue weighted by Gasteiger charge is -2.20. The summed E-state index contributed by atoms with van der Waals surface area (Å²) >= 11 is 6.11. The quantitative estimate of drug-likeness (QED) is 0.183. The SMILES string of the molecule is CN(C)CC(=O)N(C)c1ccc(NC(=C2C(=O)Nc3cc(Cl)ccc32)c2ccc(N)c([N+](=O)[O-])c2)cc1. The minimum atomic E-state index is -0.571. The topological polar surface area (TPSA) is 134 Å². The normalized spacial score (nSPS) is 13.7. The average molecular weight is 521 g/mol. The molecule has 10 nitrogen and oxygen atoms in total. The zero-order chi connectivity index (χ0) is 26.9. The number of carbonyl (C=O) groups is 2. The molecule has 11 heteroatoms. The summed E-state index contributed by atoms with van der Waals surface area (Å²) in [5, 5.41) is 18.1. The van der Waals surface area contributed by atoms with Crippen LogP contribution in [0.2, 0.25) is 5.02 Å². The van der Waals surface area contributed by atoms with Crippen LogP contribution in [0.1, 0.15) is 11.1 Å². The van der Waals surface area contributed by atoms with Gasteiger partial charge in [0.05, 0.1) is 28.4 Å². The Bertz CT molecular complexity index is 1440. The number of nitro benzene ring substituents is 1. The monoisotopic (exact) mass is 520 g/mol. The zero-order valence-electron chi connectivity index (χ0n) is 20.4. The molecule has 1 aliphatic heterocycles. The third-order valence-corrected chi connectivity index (χ3v) is 6.08. The Balaban J connectivity index is 1.78. The summed E-state index contributed by atoms with van der Waals surface area (Å²) < 4.78 is 0. The summed E-state index contributed by atoms with van der Waals surface area (Å²) in [4.78, 5) is 39.8. The van der Waals surface area contributed by atoms with Crippen molar-refractivity contribution in [2.75, 3.05) is 49.0 Å². The molecule has 0 radical (unpaired) electrons. The molecular formula is C26H25ClN6O4. The van der Waals surface area contributed by atoms with E-state index in [0.717, 1.165) is 0 Å². The van der Waals surface area contributed by atoms with E-state index in [2.05, 4.69) is 10.6 Å². The average Bonchev–Trinajstić information content (AvgIpc) is 3.16. The number of nitrogen functional groups attached to an aromatic ring is 1. The van der Waals surface area contributed by atoms with Crippen LogP contribution in [0.5, 0.6) is 0 Å². The number of nitrogens with two attached hydrogens (primary N) is 1. The molecule has 4 rings (SSSR count). The van der Waals surface area contributed by atoms with E-state index in [-0.39, 0.29) is 29.7 Å². The maximum absolute atomic E-state index is 13.1. The van der Waals surface area contributed by atoms with Gasteiger partial charge in [0.25, 0.3) is 11.6 Å². The summed E-state index contributed by atoms with van der Waals surface area (Å²) in [7, 11) is 5.33. The number of fused-ring (bicyclic) bond motifs is 1. The molecule has 3 aromatic rings. The van der Waals surface area contributed by atoms with Crippen LogP contribution in [0.25, 0.3) is 11.3 Å². The van der Waals surface area contributed by atoms with E-state index in [4.69, 9.17) is 17.3 Å². The largest absolute Gasteiger partial charge is 0.393 e. The number of hydrogen-bond donors (Lipinski definition) is 3. The standard InChI is InChI=1S/C26H25ClN6O4/c1-31(2)14-23(34)32(3)18-8-6-17(7-9-18)29-25(15-4-11-20(28)22(12-15)33(36)37)24-19-10-5-16(27)13-21(19)30-26(24)35/h4-13,29H,14,28H2,1-3H3,(H,30,35). The second-order valence-electron chi connectivity index (χ2n) is 8.79. The number of rotatable bonds is 7. The van der Waals surface area contributed by atoms with Crippen LogP contribution >= 0.6 is 11.6 Å². The van der Waals surface area contributed by atoms with Crippen molar-refractivity contribution in [1.29, 1.82) is 0 Å². The summed E-state index contributed by atoms with van der Waals surface area (Å²) in [5.74, 6) is -0.453. The third kappa shape index (κ3) is 5.40. The number of likely N-dealkylation sites (N-methyl/N-ethyl adjacent to an activating group) is 2. The maximum Gasteiger partial charge on any atom is 0.292 e. The Morgan fingerprint density at radius 1 is 1.08 bits per heavy atom. The fraction of sp³-hybridized carbons (Fsp3) is 0.154. The predicted molar refractivity (Wildman–Crippen MR) is 146 cm³/mol. The van der Waals surface area contributed by atoms with E-state index >= 15 is 0 Å². The molecule has 0 aromatic heterocycles. The van der Waals surface area contributed by atoms with Crippen LogP contribution in [-0.2, 0) is 9.59 Å². The van der Waals surface area contributed by atoms with Crippen LogP contribution in [-0.4, -0.2) is 49.3 Å². The molecule has 2 amide bonds. The van der Waals surface area contributed by atoms with Gasteiger partial charge in [0.1, 0.15) is 5.69 Å². The highest BCUT2D eigenvalue weighted by Gasteiger charge is 2.29. The second-order valence-corrected chi connectivity index (χ2v) is 9.22. The molecular weight excluding hydrogens is 496 g/mol. The minimum absolute atomic E-state index is 0.0101. The molecule has 190 valence electrons. The predicted octanol–water partition coefficient (Wildman–Crippen LogP) is 4.29. The second kappa shape index (κ2) is 10.3. The number of carbonyl (C=O) groups excluding carboxylic acids is 2. The Morgan fingerprint density at radius 2 is 1.78 bits per heavy atom. The first kappa shape index (κ1) is 25.7. The van der Waals surface area contributed by atoms with E-state index in [0.29, 0.717) is 44.5 Å². The van der Waals surface area contributed by atoms with Gasteiger partial charge >= 0.3 is 0 Å². The van der Waals surface area contributed by atoms with Crippen molar-refractivity contribution >= 4 is 63.1 Å². The van der Waals surface area contributed by atoms with Crippen molar-refractivity contribution in [2.45, 2.75) is 0 Å². The van der Waals surface area contributed by atoms with Gasteiger partial charge in [-0.15, -0.1) is 0 Å². The summed E-state index contributed by atoms with van der Waals surface area (Å²) in [6.45, 7) is 0.265. The summed E-state index contributed by atoms with van der Waals surface area (Å²) in [6, 6.07) is 16.5. The lowest BCUT2D eigenvalue weighted by Crippen LogP contribution is -2.34. The highest BCUT2D eigenvalue weighted by molar-refractivity contribution is 6.38. The first-order chi connectivity index (χ1) is 17.5. The lowest BCUT2D eigenvalue weighted by molar-refractivity contribution is -0.383. The molecule has 0 aliphatic carbocycles. The number of nitrogens with zero attached hydrogens (tertiary/aromatic N) is 3. The van der Waals surface area contributed by atoms with Gasteiger partial charge in [0.15, 0.2) is 0 Å². The molecule has 0 fully saturated rings. The molecule has 0 saturated heterocycles. The van der Waals surface area contributed by atoms with Crippen molar-refractivity contribution in [3.8, 4) is 0 Å². The zero-order valence-corrected chi connectivity index (χ0v) is 21.2. The molecule has 0 spiro atoms. The Labute approximate surface area is 218 Å². The number of hydrogen-bond acceptors (Lipinski definition) is 7. The van der Waals surface area contributed by atoms with Gasteiger partial charge in [-0.25, -0.2) is 0 Å². The molecule has 0 saturated carbocycles. The van der Waals surface area contributed by atoms with Gasteiger partial charge in [0.2, 0.25) is 5.91 Å². The first-order valence-electron chi connectivity index (χ1n) is 11.2. The molecule has 3 aromatic carbocycles. The van der Waals surface area contributed by atoms with Gasteiger partial charge in [0, 0.05) is 40.6 Å². The van der Waals surface area contributed by atoms with Crippen molar-refractivity contribution < 1.29 is 14.5 Å². The Hall–Kier alpha value is -4.41. The number of halogens is 1. The highest BCUT2D eigenvalue weighted by atomic mass is 35.5. The Morgan fingerprint density at radius 3 is 2.43 bits per heavy atom. The molecule has 1 aliphatic rings. The Kier molecular flexibility index (Phi) is 7.14. The lowest BCUT2D eigenvalue weighted by atomic mass is 9.99. The van der Waals surface area contributed by atoms with Crippen molar-refractivity contribution in [3.63, 3.8) is 0 Å². The van der Waals surface area contributed by atoms with E-state index in [9.17, 15) is 19.7 Å². The van der Waals surface area contributed by atoms with Crippen LogP contribution in [0.15, 0.2) is 60.7 Å². The minimum Gasteiger partial charge on any atom is -0.393 e. The van der Waals surface area contributed by atoms with E-state index in [1.807, 2.05) is 14.1 Å². The van der Waals surface area contributed by atoms with Crippen molar-refractivity contribution in [3.05, 3.63) is 86.9 Å². The number of amides is 2. The van der Waals surface area contributed by atoms with Gasteiger partial charge in [-0.05, 0) is 56.6 Å². The third-order valence-electron chi connectivity index (χ3n) is 5.84. The van der Waals surface area contributed by atoms with Crippen molar-refractivity contribution in [1.82, 2.24) is 4.90 Å². The number of nitro groups is 1. The van der Waals surface area contributed by atoms with Gasteiger partial charge < -0.3 is 26.2 Å². The van der Waals surface area contributed by atoms with E-state index in [1.165, 1.54) is 12.1 Å². The van der Waals surface area contributed by atoms with Crippen LogP contribution in [0.3, 0.4) is 0 Å². The fourth-order valence-electron chi connectivity index (χ4n) is 3.96. The summed E-state index contributed by atoms with van der Waals surface area (Å²) in [6.07, 6.45) is 0. The number of anilines is 4. The van der Waals surface area contributed by atoms with Crippen LogP contribution in [0, 0.1) is 10.1 Å². The van der Waals surface area contributed by atoms with E-state index in [1.54, 1.807) is 65.4 Å². The van der Waals surface area contributed by atoms with E-state index < -0.39 is 4.92 Å². The van der Waals surface area contributed by atoms with Gasteiger partial charge in [-0.1, -0.05) is 23.7 Å². The smallest absolute Gasteiger partial charge is 0.292 e. The molecule has 1 heterocycles. The van der Waals surface area contributed by atoms with Gasteiger partial charge in [-0.3, -0.25) is 19.7 Å². The summed E-state index contributed by atoms with van der Waals surface area (Å²) in [5.41, 5.74) is 9.03. The van der Waals surface area contributed by atoms with Gasteiger partial charge in [-0.2, -0.15) is 0 Å². The molecule has 4 N–H and O–H groups in total. The molecule has 37 heavy (non-hydrogen) atoms. The molecule has 0 unspecified atom stereocenters. The van der Waals surface area contributed by atoms with Crippen LogP contribution < -0.4 is 21.3 Å². The molecule has 0 bridgehead atoms. The molecule has 0 atom stereocenters. The number of nitrogens with one attached hydrogen (secondary N) is 2. The maximum atomic E-state index is 13.1. The highest BCUT2D eigenvalue weighted by Crippen LogP contribution is 2.40. The number of benzene rings is 3. The van der Waals surface area contributed by atoms with Crippen LogP contribution in [0.4, 0.5) is 28.4 Å². The first-order valence-corrected chi connectivity index (χ1v) is 11.6. The van der Waals surface area contributed by atoms with Crippen molar-refractivity contribution in [2.24, 2.45) is 0 Å².